The van der Waals surface area contributed by atoms with E-state index in [2.05, 4.69) is 23.6 Å². The smallest absolute Gasteiger partial charge is 0.277 e. The highest BCUT2D eigenvalue weighted by Crippen LogP contribution is 2.61. The summed E-state index contributed by atoms with van der Waals surface area (Å²) in [6.07, 6.45) is 1.47. The molecule has 2 N–H and O–H groups in total. The van der Waals surface area contributed by atoms with Crippen molar-refractivity contribution < 1.29 is 14.4 Å². The second kappa shape index (κ2) is 3.93. The van der Waals surface area contributed by atoms with Gasteiger partial charge in [0, 0.05) is 5.92 Å². The van der Waals surface area contributed by atoms with Crippen molar-refractivity contribution in [3.63, 3.8) is 0 Å². The average molecular weight is 284 g/mol. The molecular formula is C16H16N2O3. The summed E-state index contributed by atoms with van der Waals surface area (Å²) in [5, 5.41) is 4.59. The van der Waals surface area contributed by atoms with Crippen LogP contribution in [0.1, 0.15) is 42.7 Å². The van der Waals surface area contributed by atoms with E-state index in [9.17, 15) is 14.4 Å². The van der Waals surface area contributed by atoms with Gasteiger partial charge in [-0.05, 0) is 35.8 Å². The topological polar surface area (TPSA) is 75.3 Å². The van der Waals surface area contributed by atoms with Crippen molar-refractivity contribution in [3.05, 3.63) is 35.4 Å². The van der Waals surface area contributed by atoms with Crippen molar-refractivity contribution >= 4 is 17.8 Å². The summed E-state index contributed by atoms with van der Waals surface area (Å²) in [6, 6.07) is 7.35. The Morgan fingerprint density at radius 2 is 1.67 bits per heavy atom. The third-order valence-corrected chi connectivity index (χ3v) is 5.36. The van der Waals surface area contributed by atoms with Gasteiger partial charge >= 0.3 is 6.03 Å². The van der Waals surface area contributed by atoms with Crippen LogP contribution < -0.4 is 10.6 Å². The molecule has 2 fully saturated rings. The molecule has 5 rings (SSSR count). The molecule has 4 amide bonds. The number of carbonyl (C=O) groups is 3. The van der Waals surface area contributed by atoms with Gasteiger partial charge in [0.2, 0.25) is 11.8 Å². The molecule has 0 aromatic heterocycles. The van der Waals surface area contributed by atoms with Crippen LogP contribution in [0.25, 0.3) is 0 Å². The minimum atomic E-state index is -1.13. The van der Waals surface area contributed by atoms with Gasteiger partial charge in [-0.3, -0.25) is 20.2 Å². The van der Waals surface area contributed by atoms with E-state index in [0.717, 1.165) is 12.0 Å². The molecule has 21 heavy (non-hydrogen) atoms. The fourth-order valence-corrected chi connectivity index (χ4v) is 4.68. The van der Waals surface area contributed by atoms with E-state index in [1.54, 1.807) is 0 Å². The molecule has 4 aliphatic rings. The van der Waals surface area contributed by atoms with Crippen LogP contribution in [0.3, 0.4) is 0 Å². The van der Waals surface area contributed by atoms with Gasteiger partial charge < -0.3 is 0 Å². The predicted octanol–water partition coefficient (Wildman–Crippen LogP) is 1.65. The van der Waals surface area contributed by atoms with Crippen LogP contribution in [0.4, 0.5) is 4.79 Å². The zero-order chi connectivity index (χ0) is 14.8. The largest absolute Gasteiger partial charge is 0.328 e. The zero-order valence-corrected chi connectivity index (χ0v) is 11.7. The number of rotatable bonds is 0. The van der Waals surface area contributed by atoms with Gasteiger partial charge in [-0.15, -0.1) is 0 Å². The number of imide groups is 2. The highest BCUT2D eigenvalue weighted by molar-refractivity contribution is 6.20. The fraction of sp³-hybridized carbons (Fsp3) is 0.438. The Kier molecular flexibility index (Phi) is 2.35. The molecule has 1 spiro atoms. The molecule has 2 bridgehead atoms. The Morgan fingerprint density at radius 3 is 2.33 bits per heavy atom. The van der Waals surface area contributed by atoms with Crippen LogP contribution in [0.15, 0.2) is 24.3 Å². The maximum Gasteiger partial charge on any atom is 0.328 e. The fourth-order valence-electron chi connectivity index (χ4n) is 4.68. The second-order valence-electron chi connectivity index (χ2n) is 6.43. The number of fused-ring (bicyclic) bond motifs is 1. The van der Waals surface area contributed by atoms with Gasteiger partial charge in [0.05, 0.1) is 0 Å². The first-order valence-corrected chi connectivity index (χ1v) is 7.29. The number of hydrogen-bond donors (Lipinski definition) is 2. The van der Waals surface area contributed by atoms with Crippen LogP contribution in [0, 0.1) is 11.3 Å². The molecular weight excluding hydrogens is 268 g/mol. The first-order valence-electron chi connectivity index (χ1n) is 7.29. The Balaban J connectivity index is 1.92. The monoisotopic (exact) mass is 284 g/mol. The predicted molar refractivity (Wildman–Crippen MR) is 74.4 cm³/mol. The van der Waals surface area contributed by atoms with Gasteiger partial charge in [-0.25, -0.2) is 4.79 Å². The third-order valence-electron chi connectivity index (χ3n) is 5.36. The lowest BCUT2D eigenvalue weighted by molar-refractivity contribution is -0.151. The Hall–Kier alpha value is -2.17. The number of amides is 4. The van der Waals surface area contributed by atoms with E-state index in [0.29, 0.717) is 6.42 Å². The van der Waals surface area contributed by atoms with Crippen LogP contribution in [0.5, 0.6) is 0 Å². The summed E-state index contributed by atoms with van der Waals surface area (Å²) in [6.45, 7) is 2.09. The Bertz CT molecular complexity index is 662. The quantitative estimate of drug-likeness (QED) is 0.711. The molecule has 1 saturated heterocycles. The number of urea groups is 1. The summed E-state index contributed by atoms with van der Waals surface area (Å²) in [5.41, 5.74) is 1.21. The summed E-state index contributed by atoms with van der Waals surface area (Å²) in [4.78, 5) is 36.5. The first-order chi connectivity index (χ1) is 10.0. The van der Waals surface area contributed by atoms with Gasteiger partial charge in [-0.2, -0.15) is 0 Å². The van der Waals surface area contributed by atoms with Crippen LogP contribution in [0.2, 0.25) is 0 Å². The van der Waals surface area contributed by atoms with Crippen LogP contribution >= 0.6 is 0 Å². The van der Waals surface area contributed by atoms with E-state index >= 15 is 0 Å². The SMILES string of the molecule is C[C@@H]1C[C@H]2CC3(C(=O)NC(=O)NC3=O)[C@@H]1c1ccccc12. The van der Waals surface area contributed by atoms with Crippen molar-refractivity contribution in [2.45, 2.75) is 31.6 Å². The summed E-state index contributed by atoms with van der Waals surface area (Å²) in [5.74, 6) is -0.597. The minimum Gasteiger partial charge on any atom is -0.277 e. The van der Waals surface area contributed by atoms with Crippen molar-refractivity contribution in [3.8, 4) is 0 Å². The normalized spacial score (nSPS) is 32.6. The van der Waals surface area contributed by atoms with E-state index in [-0.39, 0.29) is 17.8 Å². The molecule has 3 aliphatic carbocycles. The lowest BCUT2D eigenvalue weighted by atomic mass is 9.49. The summed E-state index contributed by atoms with van der Waals surface area (Å²) >= 11 is 0. The lowest BCUT2D eigenvalue weighted by Gasteiger charge is -2.54. The second-order valence-corrected chi connectivity index (χ2v) is 6.43. The molecule has 1 aromatic rings. The van der Waals surface area contributed by atoms with E-state index in [4.69, 9.17) is 0 Å². The zero-order valence-electron chi connectivity index (χ0n) is 11.7. The van der Waals surface area contributed by atoms with Gasteiger partial charge in [0.25, 0.3) is 0 Å². The maximum atomic E-state index is 12.5. The van der Waals surface area contributed by atoms with Crippen molar-refractivity contribution in [1.82, 2.24) is 10.6 Å². The van der Waals surface area contributed by atoms with Gasteiger partial charge in [0.1, 0.15) is 5.41 Å². The van der Waals surface area contributed by atoms with E-state index < -0.39 is 23.3 Å². The van der Waals surface area contributed by atoms with E-state index in [1.807, 2.05) is 18.2 Å². The lowest BCUT2D eigenvalue weighted by Crippen LogP contribution is -2.67. The van der Waals surface area contributed by atoms with Crippen molar-refractivity contribution in [1.29, 1.82) is 0 Å². The molecule has 5 heteroatoms. The molecule has 1 saturated carbocycles. The molecule has 108 valence electrons. The molecule has 0 radical (unpaired) electrons. The third kappa shape index (κ3) is 1.43. The molecule has 1 aliphatic heterocycles. The number of barbiturate groups is 1. The molecule has 3 atom stereocenters. The number of nitrogens with one attached hydrogen (secondary N) is 2. The Labute approximate surface area is 122 Å². The number of benzene rings is 1. The van der Waals surface area contributed by atoms with Crippen LogP contribution in [-0.2, 0) is 9.59 Å². The summed E-state index contributed by atoms with van der Waals surface area (Å²) < 4.78 is 0. The standard InChI is InChI=1S/C16H16N2O3/c1-8-6-9-7-16(13(19)17-15(21)18-14(16)20)12(8)11-5-3-2-4-10(9)11/h2-5,8-9,12H,6-7H2,1H3,(H2,17,18,19,20,21)/t8-,9+,12+/m1/s1. The van der Waals surface area contributed by atoms with Gasteiger partial charge in [0.15, 0.2) is 0 Å². The van der Waals surface area contributed by atoms with Crippen molar-refractivity contribution in [2.75, 3.05) is 0 Å². The molecule has 1 heterocycles. The summed E-state index contributed by atoms with van der Waals surface area (Å²) in [7, 11) is 0. The van der Waals surface area contributed by atoms with Crippen molar-refractivity contribution in [2.24, 2.45) is 11.3 Å². The maximum absolute atomic E-state index is 12.5. The highest BCUT2D eigenvalue weighted by atomic mass is 16.2. The molecule has 0 unspecified atom stereocenters. The molecule has 5 nitrogen and oxygen atoms in total. The van der Waals surface area contributed by atoms with Crippen LogP contribution in [-0.4, -0.2) is 17.8 Å². The first kappa shape index (κ1) is 12.6. The average Bonchev–Trinajstić information content (AvgIpc) is 2.45. The number of hydrogen-bond acceptors (Lipinski definition) is 3. The molecule has 1 aromatic carbocycles. The minimum absolute atomic E-state index is 0.160. The van der Waals surface area contributed by atoms with Gasteiger partial charge in [-0.1, -0.05) is 31.2 Å². The Morgan fingerprint density at radius 1 is 1.05 bits per heavy atom. The number of carbonyl (C=O) groups excluding carboxylic acids is 3. The van der Waals surface area contributed by atoms with E-state index in [1.165, 1.54) is 5.56 Å². The highest BCUT2D eigenvalue weighted by Gasteiger charge is 2.63.